The summed E-state index contributed by atoms with van der Waals surface area (Å²) in [5.41, 5.74) is 9.23. The highest BCUT2D eigenvalue weighted by molar-refractivity contribution is 5.91. The van der Waals surface area contributed by atoms with Gasteiger partial charge in [0.25, 0.3) is 0 Å². The van der Waals surface area contributed by atoms with Crippen molar-refractivity contribution in [3.63, 3.8) is 0 Å². The predicted octanol–water partition coefficient (Wildman–Crippen LogP) is 3.65. The van der Waals surface area contributed by atoms with E-state index >= 15 is 0 Å². The molecular weight excluding hydrogens is 265 g/mol. The van der Waals surface area contributed by atoms with E-state index in [0.717, 1.165) is 41.5 Å². The second kappa shape index (κ2) is 6.06. The molecule has 21 heavy (non-hydrogen) atoms. The Morgan fingerprint density at radius 2 is 2.05 bits per heavy atom. The standard InChI is InChI=1S/C17H18FN3/c18-15-8-3-7-14-13(6-1-2-9-19)16(21-17(14)15)12-5-4-10-20-11-12/h3-5,7-8,10-11,21H,1-2,6,9,19H2. The molecule has 0 radical (unpaired) electrons. The van der Waals surface area contributed by atoms with Gasteiger partial charge in [0.1, 0.15) is 5.82 Å². The molecule has 4 heteroatoms. The summed E-state index contributed by atoms with van der Waals surface area (Å²) in [5, 5.41) is 0.950. The van der Waals surface area contributed by atoms with Gasteiger partial charge in [-0.3, -0.25) is 4.98 Å². The lowest BCUT2D eigenvalue weighted by Crippen LogP contribution is -1.99. The Morgan fingerprint density at radius 3 is 2.81 bits per heavy atom. The van der Waals surface area contributed by atoms with Crippen LogP contribution in [0.15, 0.2) is 42.7 Å². The first-order valence-electron chi connectivity index (χ1n) is 7.21. The Kier molecular flexibility index (Phi) is 3.97. The molecule has 0 aliphatic carbocycles. The summed E-state index contributed by atoms with van der Waals surface area (Å²) in [5.74, 6) is -0.220. The van der Waals surface area contributed by atoms with E-state index in [1.165, 1.54) is 6.07 Å². The van der Waals surface area contributed by atoms with Gasteiger partial charge in [0, 0.05) is 23.3 Å². The van der Waals surface area contributed by atoms with Crippen molar-refractivity contribution in [3.8, 4) is 11.3 Å². The van der Waals surface area contributed by atoms with Crippen molar-refractivity contribution < 1.29 is 4.39 Å². The molecule has 3 aromatic rings. The largest absolute Gasteiger partial charge is 0.352 e. The average Bonchev–Trinajstić information content (AvgIpc) is 2.89. The average molecular weight is 283 g/mol. The summed E-state index contributed by atoms with van der Waals surface area (Å²) in [6.45, 7) is 0.680. The second-order valence-electron chi connectivity index (χ2n) is 5.13. The summed E-state index contributed by atoms with van der Waals surface area (Å²) in [6.07, 6.45) is 6.38. The highest BCUT2D eigenvalue weighted by atomic mass is 19.1. The molecule has 3 rings (SSSR count). The Balaban J connectivity index is 2.13. The van der Waals surface area contributed by atoms with E-state index in [1.54, 1.807) is 18.5 Å². The number of nitrogens with one attached hydrogen (secondary N) is 1. The number of hydrogen-bond acceptors (Lipinski definition) is 2. The van der Waals surface area contributed by atoms with E-state index in [-0.39, 0.29) is 5.82 Å². The minimum Gasteiger partial charge on any atom is -0.352 e. The van der Waals surface area contributed by atoms with E-state index < -0.39 is 0 Å². The quantitative estimate of drug-likeness (QED) is 0.702. The van der Waals surface area contributed by atoms with Crippen molar-refractivity contribution in [3.05, 3.63) is 54.1 Å². The fourth-order valence-corrected chi connectivity index (χ4v) is 2.70. The summed E-state index contributed by atoms with van der Waals surface area (Å²) in [7, 11) is 0. The molecule has 0 saturated carbocycles. The molecule has 0 fully saturated rings. The maximum Gasteiger partial charge on any atom is 0.147 e. The third-order valence-corrected chi connectivity index (χ3v) is 3.72. The van der Waals surface area contributed by atoms with Crippen molar-refractivity contribution >= 4 is 10.9 Å². The zero-order chi connectivity index (χ0) is 14.7. The van der Waals surface area contributed by atoms with Crippen molar-refractivity contribution in [1.29, 1.82) is 0 Å². The molecule has 0 unspecified atom stereocenters. The van der Waals surface area contributed by atoms with Crippen LogP contribution < -0.4 is 5.73 Å². The molecule has 0 aliphatic heterocycles. The van der Waals surface area contributed by atoms with E-state index in [4.69, 9.17) is 5.73 Å². The molecule has 0 atom stereocenters. The lowest BCUT2D eigenvalue weighted by molar-refractivity contribution is 0.637. The number of benzene rings is 1. The number of pyridine rings is 1. The van der Waals surface area contributed by atoms with Crippen molar-refractivity contribution in [1.82, 2.24) is 9.97 Å². The van der Waals surface area contributed by atoms with E-state index in [1.807, 2.05) is 18.2 Å². The van der Waals surface area contributed by atoms with Gasteiger partial charge in [-0.1, -0.05) is 12.1 Å². The van der Waals surface area contributed by atoms with E-state index in [0.29, 0.717) is 12.1 Å². The number of unbranched alkanes of at least 4 members (excludes halogenated alkanes) is 1. The number of para-hydroxylation sites is 1. The molecule has 3 N–H and O–H groups in total. The van der Waals surface area contributed by atoms with Gasteiger partial charge in [-0.15, -0.1) is 0 Å². The molecular formula is C17H18FN3. The molecule has 0 amide bonds. The molecule has 3 nitrogen and oxygen atoms in total. The van der Waals surface area contributed by atoms with Crippen LogP contribution in [0.4, 0.5) is 4.39 Å². The number of aromatic nitrogens is 2. The van der Waals surface area contributed by atoms with Crippen molar-refractivity contribution in [2.75, 3.05) is 6.54 Å². The van der Waals surface area contributed by atoms with Crippen LogP contribution in [0.1, 0.15) is 18.4 Å². The van der Waals surface area contributed by atoms with Gasteiger partial charge in [0.2, 0.25) is 0 Å². The topological polar surface area (TPSA) is 54.7 Å². The van der Waals surface area contributed by atoms with Gasteiger partial charge < -0.3 is 10.7 Å². The van der Waals surface area contributed by atoms with Gasteiger partial charge in [-0.2, -0.15) is 0 Å². The Labute approximate surface area is 123 Å². The lowest BCUT2D eigenvalue weighted by atomic mass is 10.0. The SMILES string of the molecule is NCCCCc1c(-c2cccnc2)[nH]c2c(F)cccc12. The van der Waals surface area contributed by atoms with Gasteiger partial charge in [-0.05, 0) is 49.6 Å². The number of rotatable bonds is 5. The first-order chi connectivity index (χ1) is 10.3. The molecule has 0 aliphatic rings. The normalized spacial score (nSPS) is 11.1. The van der Waals surface area contributed by atoms with Crippen LogP contribution in [0, 0.1) is 5.82 Å². The van der Waals surface area contributed by atoms with Crippen LogP contribution in [0.2, 0.25) is 0 Å². The van der Waals surface area contributed by atoms with Gasteiger partial charge in [-0.25, -0.2) is 4.39 Å². The zero-order valence-corrected chi connectivity index (χ0v) is 11.8. The maximum atomic E-state index is 14.0. The molecule has 2 heterocycles. The van der Waals surface area contributed by atoms with Crippen molar-refractivity contribution in [2.24, 2.45) is 5.73 Å². The summed E-state index contributed by atoms with van der Waals surface area (Å²) in [6, 6.07) is 9.08. The van der Waals surface area contributed by atoms with Crippen LogP contribution in [-0.2, 0) is 6.42 Å². The monoisotopic (exact) mass is 283 g/mol. The number of fused-ring (bicyclic) bond motifs is 1. The van der Waals surface area contributed by atoms with Crippen LogP contribution in [-0.4, -0.2) is 16.5 Å². The van der Waals surface area contributed by atoms with E-state index in [9.17, 15) is 4.39 Å². The number of nitrogens with two attached hydrogens (primary N) is 1. The number of hydrogen-bond donors (Lipinski definition) is 2. The third-order valence-electron chi connectivity index (χ3n) is 3.72. The number of aryl methyl sites for hydroxylation is 1. The summed E-state index contributed by atoms with van der Waals surface area (Å²) >= 11 is 0. The van der Waals surface area contributed by atoms with E-state index in [2.05, 4.69) is 9.97 Å². The Morgan fingerprint density at radius 1 is 1.14 bits per heavy atom. The number of nitrogens with zero attached hydrogens (tertiary/aromatic N) is 1. The highest BCUT2D eigenvalue weighted by Gasteiger charge is 2.15. The molecule has 1 aromatic carbocycles. The number of H-pyrrole nitrogens is 1. The van der Waals surface area contributed by atoms with Crippen LogP contribution >= 0.6 is 0 Å². The number of halogens is 1. The fourth-order valence-electron chi connectivity index (χ4n) is 2.70. The molecule has 0 bridgehead atoms. The molecule has 2 aromatic heterocycles. The first kappa shape index (κ1) is 13.8. The zero-order valence-electron chi connectivity index (χ0n) is 11.8. The molecule has 0 spiro atoms. The van der Waals surface area contributed by atoms with Crippen LogP contribution in [0.25, 0.3) is 22.2 Å². The molecule has 0 saturated heterocycles. The van der Waals surface area contributed by atoms with Gasteiger partial charge in [0.15, 0.2) is 0 Å². The minimum atomic E-state index is -0.220. The summed E-state index contributed by atoms with van der Waals surface area (Å²) < 4.78 is 14.0. The fraction of sp³-hybridized carbons (Fsp3) is 0.235. The number of aromatic amines is 1. The lowest BCUT2D eigenvalue weighted by Gasteiger charge is -2.04. The Bertz CT molecular complexity index is 734. The predicted molar refractivity (Wildman–Crippen MR) is 83.5 cm³/mol. The highest BCUT2D eigenvalue weighted by Crippen LogP contribution is 2.32. The minimum absolute atomic E-state index is 0.220. The molecule has 108 valence electrons. The maximum absolute atomic E-state index is 14.0. The van der Waals surface area contributed by atoms with Crippen LogP contribution in [0.5, 0.6) is 0 Å². The van der Waals surface area contributed by atoms with Crippen molar-refractivity contribution in [2.45, 2.75) is 19.3 Å². The summed E-state index contributed by atoms with van der Waals surface area (Å²) in [4.78, 5) is 7.39. The van der Waals surface area contributed by atoms with Gasteiger partial charge >= 0.3 is 0 Å². The third kappa shape index (κ3) is 2.67. The van der Waals surface area contributed by atoms with Crippen LogP contribution in [0.3, 0.4) is 0 Å². The Hall–Kier alpha value is -2.20. The second-order valence-corrected chi connectivity index (χ2v) is 5.13. The smallest absolute Gasteiger partial charge is 0.147 e. The first-order valence-corrected chi connectivity index (χ1v) is 7.21. The van der Waals surface area contributed by atoms with Gasteiger partial charge in [0.05, 0.1) is 11.2 Å².